The number of benzene rings is 1. The monoisotopic (exact) mass is 208 g/mol. The van der Waals surface area contributed by atoms with Crippen molar-refractivity contribution in [1.82, 2.24) is 4.90 Å². The summed E-state index contributed by atoms with van der Waals surface area (Å²) >= 11 is 0. The number of aliphatic hydroxyl groups excluding tert-OH is 1. The van der Waals surface area contributed by atoms with Crippen molar-refractivity contribution in [3.05, 3.63) is 35.9 Å². The van der Waals surface area contributed by atoms with Crippen LogP contribution in [-0.4, -0.2) is 35.7 Å². The second kappa shape index (κ2) is 6.56. The molecule has 15 heavy (non-hydrogen) atoms. The molecule has 3 nitrogen and oxygen atoms in total. The first-order valence-electron chi connectivity index (χ1n) is 5.36. The van der Waals surface area contributed by atoms with Crippen molar-refractivity contribution in [2.45, 2.75) is 19.6 Å². The molecule has 0 aromatic heterocycles. The third-order valence-electron chi connectivity index (χ3n) is 2.22. The van der Waals surface area contributed by atoms with Crippen LogP contribution in [0.4, 0.5) is 0 Å². The molecular weight excluding hydrogens is 188 g/mol. The first-order chi connectivity index (χ1) is 7.22. The van der Waals surface area contributed by atoms with Gasteiger partial charge in [-0.05, 0) is 12.5 Å². The van der Waals surface area contributed by atoms with Crippen molar-refractivity contribution in [3.8, 4) is 0 Å². The average molecular weight is 208 g/mol. The Balaban J connectivity index is 2.50. The standard InChI is InChI=1S/C12H20N2O/c1-11(15)9-14(8-7-13)10-12-5-3-2-4-6-12/h2-6,11,15H,7-10,13H2,1H3/t11-/m1/s1. The molecular formula is C12H20N2O. The molecule has 0 radical (unpaired) electrons. The Hall–Kier alpha value is -0.900. The van der Waals surface area contributed by atoms with E-state index in [-0.39, 0.29) is 6.10 Å². The lowest BCUT2D eigenvalue weighted by atomic mass is 10.2. The Bertz CT molecular complexity index is 262. The van der Waals surface area contributed by atoms with Gasteiger partial charge in [-0.3, -0.25) is 4.90 Å². The zero-order valence-electron chi connectivity index (χ0n) is 9.26. The van der Waals surface area contributed by atoms with Gasteiger partial charge >= 0.3 is 0 Å². The van der Waals surface area contributed by atoms with Crippen LogP contribution in [-0.2, 0) is 6.54 Å². The number of hydrogen-bond acceptors (Lipinski definition) is 3. The van der Waals surface area contributed by atoms with E-state index in [1.54, 1.807) is 6.92 Å². The molecule has 0 heterocycles. The van der Waals surface area contributed by atoms with Crippen LogP contribution in [0.1, 0.15) is 12.5 Å². The largest absolute Gasteiger partial charge is 0.392 e. The number of rotatable bonds is 6. The molecule has 1 atom stereocenters. The minimum absolute atomic E-state index is 0.305. The van der Waals surface area contributed by atoms with Gasteiger partial charge in [-0.1, -0.05) is 30.3 Å². The summed E-state index contributed by atoms with van der Waals surface area (Å²) in [6.07, 6.45) is -0.305. The molecule has 0 amide bonds. The lowest BCUT2D eigenvalue weighted by molar-refractivity contribution is 0.124. The summed E-state index contributed by atoms with van der Waals surface area (Å²) < 4.78 is 0. The number of aliphatic hydroxyl groups is 1. The van der Waals surface area contributed by atoms with E-state index in [9.17, 15) is 5.11 Å². The van der Waals surface area contributed by atoms with Crippen LogP contribution in [0, 0.1) is 0 Å². The summed E-state index contributed by atoms with van der Waals surface area (Å²) in [7, 11) is 0. The van der Waals surface area contributed by atoms with E-state index in [1.165, 1.54) is 5.56 Å². The van der Waals surface area contributed by atoms with Crippen LogP contribution in [0.2, 0.25) is 0 Å². The maximum atomic E-state index is 9.34. The molecule has 3 N–H and O–H groups in total. The number of nitrogens with zero attached hydrogens (tertiary/aromatic N) is 1. The van der Waals surface area contributed by atoms with Gasteiger partial charge in [0.15, 0.2) is 0 Å². The van der Waals surface area contributed by atoms with Gasteiger partial charge in [0, 0.05) is 26.2 Å². The Morgan fingerprint density at radius 2 is 2.00 bits per heavy atom. The summed E-state index contributed by atoms with van der Waals surface area (Å²) in [5, 5.41) is 9.34. The first kappa shape index (κ1) is 12.2. The molecule has 84 valence electrons. The molecule has 0 saturated heterocycles. The Kier molecular flexibility index (Phi) is 5.32. The molecule has 0 bridgehead atoms. The smallest absolute Gasteiger partial charge is 0.0639 e. The normalized spacial score (nSPS) is 13.1. The van der Waals surface area contributed by atoms with Gasteiger partial charge in [0.25, 0.3) is 0 Å². The van der Waals surface area contributed by atoms with E-state index in [0.717, 1.165) is 13.1 Å². The SMILES string of the molecule is C[C@@H](O)CN(CCN)Cc1ccccc1. The van der Waals surface area contributed by atoms with E-state index in [4.69, 9.17) is 5.73 Å². The number of nitrogens with two attached hydrogens (primary N) is 1. The van der Waals surface area contributed by atoms with Crippen LogP contribution in [0.3, 0.4) is 0 Å². The fourth-order valence-corrected chi connectivity index (χ4v) is 1.63. The Morgan fingerprint density at radius 1 is 1.33 bits per heavy atom. The lowest BCUT2D eigenvalue weighted by Gasteiger charge is -2.22. The predicted octanol–water partition coefficient (Wildman–Crippen LogP) is 0.828. The van der Waals surface area contributed by atoms with E-state index < -0.39 is 0 Å². The van der Waals surface area contributed by atoms with Crippen molar-refractivity contribution < 1.29 is 5.11 Å². The third kappa shape index (κ3) is 4.93. The molecule has 0 spiro atoms. The molecule has 3 heteroatoms. The van der Waals surface area contributed by atoms with Crippen molar-refractivity contribution in [3.63, 3.8) is 0 Å². The molecule has 0 saturated carbocycles. The maximum absolute atomic E-state index is 9.34. The van der Waals surface area contributed by atoms with Crippen molar-refractivity contribution in [1.29, 1.82) is 0 Å². The topological polar surface area (TPSA) is 49.5 Å². The quantitative estimate of drug-likeness (QED) is 0.728. The second-order valence-corrected chi connectivity index (χ2v) is 3.86. The van der Waals surface area contributed by atoms with Crippen LogP contribution in [0.15, 0.2) is 30.3 Å². The predicted molar refractivity (Wildman–Crippen MR) is 62.5 cm³/mol. The van der Waals surface area contributed by atoms with E-state index >= 15 is 0 Å². The maximum Gasteiger partial charge on any atom is 0.0639 e. The van der Waals surface area contributed by atoms with Gasteiger partial charge in [0.1, 0.15) is 0 Å². The molecule has 1 aromatic rings. The summed E-state index contributed by atoms with van der Waals surface area (Å²) in [6, 6.07) is 10.2. The van der Waals surface area contributed by atoms with Crippen molar-refractivity contribution >= 4 is 0 Å². The molecule has 1 aromatic carbocycles. The van der Waals surface area contributed by atoms with Crippen LogP contribution < -0.4 is 5.73 Å². The van der Waals surface area contributed by atoms with E-state index in [1.807, 2.05) is 18.2 Å². The summed E-state index contributed by atoms with van der Waals surface area (Å²) in [6.45, 7) is 4.77. The van der Waals surface area contributed by atoms with Gasteiger partial charge in [-0.2, -0.15) is 0 Å². The third-order valence-corrected chi connectivity index (χ3v) is 2.22. The number of hydrogen-bond donors (Lipinski definition) is 2. The molecule has 0 aliphatic carbocycles. The second-order valence-electron chi connectivity index (χ2n) is 3.86. The van der Waals surface area contributed by atoms with Crippen LogP contribution >= 0.6 is 0 Å². The van der Waals surface area contributed by atoms with Crippen molar-refractivity contribution in [2.75, 3.05) is 19.6 Å². The fraction of sp³-hybridized carbons (Fsp3) is 0.500. The highest BCUT2D eigenvalue weighted by molar-refractivity contribution is 5.14. The van der Waals surface area contributed by atoms with Crippen molar-refractivity contribution in [2.24, 2.45) is 5.73 Å². The van der Waals surface area contributed by atoms with Gasteiger partial charge in [-0.15, -0.1) is 0 Å². The van der Waals surface area contributed by atoms with Gasteiger partial charge in [0.2, 0.25) is 0 Å². The average Bonchev–Trinajstić information content (AvgIpc) is 2.18. The van der Waals surface area contributed by atoms with Gasteiger partial charge in [-0.25, -0.2) is 0 Å². The summed E-state index contributed by atoms with van der Waals surface area (Å²) in [5.41, 5.74) is 6.79. The highest BCUT2D eigenvalue weighted by atomic mass is 16.3. The zero-order chi connectivity index (χ0) is 11.1. The van der Waals surface area contributed by atoms with Gasteiger partial charge < -0.3 is 10.8 Å². The highest BCUT2D eigenvalue weighted by Crippen LogP contribution is 2.04. The first-order valence-corrected chi connectivity index (χ1v) is 5.36. The van der Waals surface area contributed by atoms with Crippen LogP contribution in [0.5, 0.6) is 0 Å². The fourth-order valence-electron chi connectivity index (χ4n) is 1.63. The molecule has 1 rings (SSSR count). The highest BCUT2D eigenvalue weighted by Gasteiger charge is 2.07. The summed E-state index contributed by atoms with van der Waals surface area (Å²) in [4.78, 5) is 2.17. The molecule has 0 aliphatic heterocycles. The Labute approximate surface area is 91.5 Å². The molecule has 0 aliphatic rings. The minimum Gasteiger partial charge on any atom is -0.392 e. The van der Waals surface area contributed by atoms with E-state index in [2.05, 4.69) is 17.0 Å². The lowest BCUT2D eigenvalue weighted by Crippen LogP contribution is -2.34. The zero-order valence-corrected chi connectivity index (χ0v) is 9.26. The van der Waals surface area contributed by atoms with Crippen LogP contribution in [0.25, 0.3) is 0 Å². The molecule has 0 fully saturated rings. The minimum atomic E-state index is -0.305. The van der Waals surface area contributed by atoms with E-state index in [0.29, 0.717) is 13.1 Å². The Morgan fingerprint density at radius 3 is 2.53 bits per heavy atom. The molecule has 0 unspecified atom stereocenters. The van der Waals surface area contributed by atoms with Gasteiger partial charge in [0.05, 0.1) is 6.10 Å². The summed E-state index contributed by atoms with van der Waals surface area (Å²) in [5.74, 6) is 0.